The molecule has 1 aromatic rings. The van der Waals surface area contributed by atoms with Gasteiger partial charge in [0.05, 0.1) is 0 Å². The Morgan fingerprint density at radius 3 is 2.81 bits per heavy atom. The maximum Gasteiger partial charge on any atom is 0.119 e. The molecule has 1 aliphatic rings. The van der Waals surface area contributed by atoms with Gasteiger partial charge in [-0.15, -0.1) is 0 Å². The Kier molecular flexibility index (Phi) is 4.31. The summed E-state index contributed by atoms with van der Waals surface area (Å²) in [5.41, 5.74) is 6.57. The lowest BCUT2D eigenvalue weighted by molar-refractivity contribution is 0.229. The van der Waals surface area contributed by atoms with E-state index in [2.05, 4.69) is 12.1 Å². The highest BCUT2D eigenvalue weighted by molar-refractivity contribution is 7.99. The normalized spacial score (nSPS) is 20.4. The second kappa shape index (κ2) is 5.97. The lowest BCUT2D eigenvalue weighted by atomic mass is 10.2. The Morgan fingerprint density at radius 1 is 1.38 bits per heavy atom. The van der Waals surface area contributed by atoms with Crippen LogP contribution in [0.25, 0.3) is 6.08 Å². The van der Waals surface area contributed by atoms with Crippen LogP contribution in [0, 0.1) is 0 Å². The molecule has 1 aromatic carbocycles. The van der Waals surface area contributed by atoms with Crippen LogP contribution in [0.3, 0.4) is 0 Å². The summed E-state index contributed by atoms with van der Waals surface area (Å²) < 4.78 is 5.87. The average Bonchev–Trinajstić information content (AvgIpc) is 2.81. The summed E-state index contributed by atoms with van der Waals surface area (Å²) in [7, 11) is 0. The predicted molar refractivity (Wildman–Crippen MR) is 70.9 cm³/mol. The minimum atomic E-state index is 0.399. The Labute approximate surface area is 101 Å². The average molecular weight is 235 g/mol. The first-order valence-electron chi connectivity index (χ1n) is 5.59. The van der Waals surface area contributed by atoms with Crippen molar-refractivity contribution in [3.63, 3.8) is 0 Å². The molecule has 3 heteroatoms. The molecule has 1 heterocycles. The number of rotatable bonds is 4. The molecule has 1 saturated heterocycles. The van der Waals surface area contributed by atoms with Crippen LogP contribution >= 0.6 is 11.8 Å². The van der Waals surface area contributed by atoms with E-state index in [9.17, 15) is 0 Å². The zero-order valence-corrected chi connectivity index (χ0v) is 10.1. The van der Waals surface area contributed by atoms with Crippen molar-refractivity contribution in [2.45, 2.75) is 12.5 Å². The van der Waals surface area contributed by atoms with Crippen LogP contribution in [0.2, 0.25) is 0 Å². The molecule has 0 aliphatic carbocycles. The van der Waals surface area contributed by atoms with Gasteiger partial charge >= 0.3 is 0 Å². The number of ether oxygens (including phenoxy) is 1. The van der Waals surface area contributed by atoms with Crippen LogP contribution in [0.4, 0.5) is 0 Å². The maximum absolute atomic E-state index is 5.87. The molecule has 2 N–H and O–H groups in total. The van der Waals surface area contributed by atoms with Gasteiger partial charge in [-0.2, -0.15) is 11.8 Å². The second-order valence-corrected chi connectivity index (χ2v) is 4.96. The quantitative estimate of drug-likeness (QED) is 0.871. The SMILES string of the molecule is NC/C=C/c1ccc(OC2CCSC2)cc1. The van der Waals surface area contributed by atoms with Crippen LogP contribution in [0.5, 0.6) is 5.75 Å². The first-order valence-corrected chi connectivity index (χ1v) is 6.75. The van der Waals surface area contributed by atoms with E-state index in [4.69, 9.17) is 10.5 Å². The first kappa shape index (κ1) is 11.6. The highest BCUT2D eigenvalue weighted by Gasteiger charge is 2.16. The Morgan fingerprint density at radius 2 is 2.19 bits per heavy atom. The number of benzene rings is 1. The van der Waals surface area contributed by atoms with Gasteiger partial charge in [0, 0.05) is 12.3 Å². The van der Waals surface area contributed by atoms with Gasteiger partial charge in [-0.05, 0) is 29.9 Å². The third-order valence-electron chi connectivity index (χ3n) is 2.52. The summed E-state index contributed by atoms with van der Waals surface area (Å²) in [6, 6.07) is 8.17. The van der Waals surface area contributed by atoms with Gasteiger partial charge in [0.1, 0.15) is 11.9 Å². The Balaban J connectivity index is 1.93. The third-order valence-corrected chi connectivity index (χ3v) is 3.65. The molecular formula is C13H17NOS. The van der Waals surface area contributed by atoms with E-state index in [1.807, 2.05) is 36.0 Å². The number of nitrogens with two attached hydrogens (primary N) is 1. The van der Waals surface area contributed by atoms with Crippen molar-refractivity contribution in [3.05, 3.63) is 35.9 Å². The summed E-state index contributed by atoms with van der Waals surface area (Å²) in [6.07, 6.45) is 5.54. The molecule has 16 heavy (non-hydrogen) atoms. The minimum Gasteiger partial charge on any atom is -0.490 e. The fourth-order valence-corrected chi connectivity index (χ4v) is 2.75. The van der Waals surface area contributed by atoms with Crippen molar-refractivity contribution >= 4 is 17.8 Å². The fourth-order valence-electron chi connectivity index (χ4n) is 1.66. The molecule has 1 atom stereocenters. The maximum atomic E-state index is 5.87. The number of hydrogen-bond donors (Lipinski definition) is 1. The van der Waals surface area contributed by atoms with E-state index in [-0.39, 0.29) is 0 Å². The molecule has 2 rings (SSSR count). The van der Waals surface area contributed by atoms with E-state index >= 15 is 0 Å². The molecule has 0 saturated carbocycles. The van der Waals surface area contributed by atoms with Gasteiger partial charge in [0.2, 0.25) is 0 Å². The monoisotopic (exact) mass is 235 g/mol. The number of hydrogen-bond acceptors (Lipinski definition) is 3. The van der Waals surface area contributed by atoms with Crippen LogP contribution in [-0.2, 0) is 0 Å². The molecule has 1 unspecified atom stereocenters. The van der Waals surface area contributed by atoms with Crippen LogP contribution in [-0.4, -0.2) is 24.2 Å². The molecule has 1 aliphatic heterocycles. The van der Waals surface area contributed by atoms with Crippen molar-refractivity contribution < 1.29 is 4.74 Å². The largest absolute Gasteiger partial charge is 0.490 e. The fraction of sp³-hybridized carbons (Fsp3) is 0.385. The summed E-state index contributed by atoms with van der Waals surface area (Å²) in [5.74, 6) is 3.31. The summed E-state index contributed by atoms with van der Waals surface area (Å²) >= 11 is 1.97. The zero-order chi connectivity index (χ0) is 11.2. The number of thioether (sulfide) groups is 1. The van der Waals surface area contributed by atoms with Gasteiger partial charge in [-0.3, -0.25) is 0 Å². The molecule has 1 fully saturated rings. The summed E-state index contributed by atoms with van der Waals surface area (Å²) in [4.78, 5) is 0. The molecule has 0 aromatic heterocycles. The van der Waals surface area contributed by atoms with Crippen molar-refractivity contribution in [3.8, 4) is 5.75 Å². The molecule has 0 spiro atoms. The molecule has 0 bridgehead atoms. The molecular weight excluding hydrogens is 218 g/mol. The standard InChI is InChI=1S/C13H17NOS/c14-8-1-2-11-3-5-12(6-4-11)15-13-7-9-16-10-13/h1-6,13H,7-10,14H2/b2-1+. The Bertz CT molecular complexity index is 341. The summed E-state index contributed by atoms with van der Waals surface area (Å²) in [5, 5.41) is 0. The van der Waals surface area contributed by atoms with Crippen LogP contribution in [0.15, 0.2) is 30.3 Å². The van der Waals surface area contributed by atoms with E-state index < -0.39 is 0 Å². The van der Waals surface area contributed by atoms with Crippen molar-refractivity contribution in [2.24, 2.45) is 5.73 Å². The summed E-state index contributed by atoms with van der Waals surface area (Å²) in [6.45, 7) is 0.581. The van der Waals surface area contributed by atoms with Crippen LogP contribution < -0.4 is 10.5 Å². The molecule has 2 nitrogen and oxygen atoms in total. The Hall–Kier alpha value is -0.930. The zero-order valence-electron chi connectivity index (χ0n) is 9.26. The van der Waals surface area contributed by atoms with Gasteiger partial charge in [0.15, 0.2) is 0 Å². The van der Waals surface area contributed by atoms with Crippen molar-refractivity contribution in [1.82, 2.24) is 0 Å². The first-order chi connectivity index (χ1) is 7.88. The molecule has 0 amide bonds. The lowest BCUT2D eigenvalue weighted by Gasteiger charge is -2.12. The predicted octanol–water partition coefficient (Wildman–Crippen LogP) is 2.54. The van der Waals surface area contributed by atoms with Gasteiger partial charge in [-0.25, -0.2) is 0 Å². The smallest absolute Gasteiger partial charge is 0.119 e. The minimum absolute atomic E-state index is 0.399. The van der Waals surface area contributed by atoms with E-state index in [1.165, 1.54) is 17.7 Å². The highest BCUT2D eigenvalue weighted by atomic mass is 32.2. The van der Waals surface area contributed by atoms with Crippen molar-refractivity contribution in [2.75, 3.05) is 18.1 Å². The highest BCUT2D eigenvalue weighted by Crippen LogP contribution is 2.23. The van der Waals surface area contributed by atoms with Crippen LogP contribution in [0.1, 0.15) is 12.0 Å². The van der Waals surface area contributed by atoms with E-state index in [0.29, 0.717) is 12.6 Å². The van der Waals surface area contributed by atoms with Gasteiger partial charge in [0.25, 0.3) is 0 Å². The van der Waals surface area contributed by atoms with Crippen molar-refractivity contribution in [1.29, 1.82) is 0 Å². The third kappa shape index (κ3) is 3.29. The molecule has 0 radical (unpaired) electrons. The van der Waals surface area contributed by atoms with E-state index in [1.54, 1.807) is 0 Å². The van der Waals surface area contributed by atoms with E-state index in [0.717, 1.165) is 11.5 Å². The van der Waals surface area contributed by atoms with Gasteiger partial charge < -0.3 is 10.5 Å². The second-order valence-electron chi connectivity index (χ2n) is 3.81. The van der Waals surface area contributed by atoms with Gasteiger partial charge in [-0.1, -0.05) is 24.3 Å². The lowest BCUT2D eigenvalue weighted by Crippen LogP contribution is -2.14. The topological polar surface area (TPSA) is 35.2 Å². The molecule has 86 valence electrons.